The van der Waals surface area contributed by atoms with Crippen LogP contribution in [0.5, 0.6) is 0 Å². The number of piperidine rings is 1. The smallest absolute Gasteiger partial charge is 0.410 e. The Morgan fingerprint density at radius 3 is 2.58 bits per heavy atom. The Kier molecular flexibility index (Phi) is 6.62. The van der Waals surface area contributed by atoms with Crippen LogP contribution in [-0.4, -0.2) is 54.3 Å². The maximum Gasteiger partial charge on any atom is 0.410 e. The number of rotatable bonds is 5. The van der Waals surface area contributed by atoms with E-state index in [1.807, 2.05) is 20.8 Å². The molecule has 1 aliphatic rings. The molecular weight excluding hydrogens is 431 g/mol. The van der Waals surface area contributed by atoms with E-state index in [0.29, 0.717) is 25.9 Å². The third kappa shape index (κ3) is 6.21. The van der Waals surface area contributed by atoms with Crippen molar-refractivity contribution in [2.45, 2.75) is 56.8 Å². The number of nitrogens with zero attached hydrogens (tertiary/aromatic N) is 3. The summed E-state index contributed by atoms with van der Waals surface area (Å²) in [5, 5.41) is 8.72. The van der Waals surface area contributed by atoms with E-state index in [0.717, 1.165) is 12.1 Å². The first-order chi connectivity index (χ1) is 14.4. The monoisotopic (exact) mass is 456 g/mol. The van der Waals surface area contributed by atoms with Gasteiger partial charge in [-0.05, 0) is 51.8 Å². The van der Waals surface area contributed by atoms with Gasteiger partial charge in [-0.2, -0.15) is 4.98 Å². The molecule has 1 aliphatic heterocycles. The van der Waals surface area contributed by atoms with Crippen LogP contribution in [0.2, 0.25) is 0 Å². The molecule has 31 heavy (non-hydrogen) atoms. The highest BCUT2D eigenvalue weighted by Crippen LogP contribution is 2.23. The van der Waals surface area contributed by atoms with Gasteiger partial charge < -0.3 is 18.9 Å². The summed E-state index contributed by atoms with van der Waals surface area (Å²) in [7, 11) is -4.16. The minimum absolute atomic E-state index is 0.0574. The Morgan fingerprint density at radius 1 is 1.32 bits per heavy atom. The van der Waals surface area contributed by atoms with Crippen molar-refractivity contribution in [1.29, 1.82) is 0 Å². The molecule has 1 saturated heterocycles. The molecule has 1 aromatic carbocycles. The standard InChI is InChI=1S/C19H25FN4O6S/c1-19(2,3)29-18(25)24-8-6-13(7-9-24)28-11-16-22-17(23-30-16)12-4-5-15(14(20)10-12)31(21,26)27/h4-5,10,13H,6-9,11H2,1-3H3,(H2,21,26,27). The summed E-state index contributed by atoms with van der Waals surface area (Å²) in [4.78, 5) is 17.3. The lowest BCUT2D eigenvalue weighted by molar-refractivity contribution is -0.0231. The van der Waals surface area contributed by atoms with Crippen LogP contribution >= 0.6 is 0 Å². The first-order valence-corrected chi connectivity index (χ1v) is 11.2. The highest BCUT2D eigenvalue weighted by atomic mass is 32.2. The van der Waals surface area contributed by atoms with Crippen molar-refractivity contribution in [3.8, 4) is 11.4 Å². The van der Waals surface area contributed by atoms with Crippen molar-refractivity contribution in [3.63, 3.8) is 0 Å². The highest BCUT2D eigenvalue weighted by Gasteiger charge is 2.27. The molecule has 170 valence electrons. The van der Waals surface area contributed by atoms with E-state index in [-0.39, 0.29) is 36.1 Å². The van der Waals surface area contributed by atoms with Crippen molar-refractivity contribution >= 4 is 16.1 Å². The minimum atomic E-state index is -4.16. The van der Waals surface area contributed by atoms with E-state index in [2.05, 4.69) is 10.1 Å². The molecule has 0 bridgehead atoms. The molecule has 0 spiro atoms. The summed E-state index contributed by atoms with van der Waals surface area (Å²) in [6.45, 7) is 6.56. The Balaban J connectivity index is 1.53. The van der Waals surface area contributed by atoms with E-state index in [4.69, 9.17) is 19.1 Å². The van der Waals surface area contributed by atoms with Gasteiger partial charge in [0.2, 0.25) is 15.8 Å². The number of aromatic nitrogens is 2. The number of halogens is 1. The minimum Gasteiger partial charge on any atom is -0.444 e. The second-order valence-corrected chi connectivity index (χ2v) is 9.71. The van der Waals surface area contributed by atoms with Crippen LogP contribution in [-0.2, 0) is 26.1 Å². The number of amides is 1. The fourth-order valence-electron chi connectivity index (χ4n) is 3.02. The average Bonchev–Trinajstić information content (AvgIpc) is 3.13. The van der Waals surface area contributed by atoms with Crippen LogP contribution in [0, 0.1) is 5.82 Å². The normalized spacial score (nSPS) is 15.8. The van der Waals surface area contributed by atoms with Gasteiger partial charge in [0.1, 0.15) is 22.9 Å². The number of carbonyl (C=O) groups excluding carboxylic acids is 1. The molecule has 0 atom stereocenters. The molecule has 1 fully saturated rings. The summed E-state index contributed by atoms with van der Waals surface area (Å²) < 4.78 is 52.9. The summed E-state index contributed by atoms with van der Waals surface area (Å²) in [6, 6.07) is 3.36. The number of sulfonamides is 1. The van der Waals surface area contributed by atoms with Gasteiger partial charge in [-0.15, -0.1) is 0 Å². The maximum atomic E-state index is 14.0. The van der Waals surface area contributed by atoms with Crippen LogP contribution in [0.15, 0.2) is 27.6 Å². The van der Waals surface area contributed by atoms with Gasteiger partial charge in [0, 0.05) is 18.7 Å². The first kappa shape index (κ1) is 23.1. The molecule has 0 saturated carbocycles. The third-order valence-corrected chi connectivity index (χ3v) is 5.45. The number of nitrogens with two attached hydrogens (primary N) is 1. The van der Waals surface area contributed by atoms with Crippen LogP contribution < -0.4 is 5.14 Å². The summed E-state index contributed by atoms with van der Waals surface area (Å²) >= 11 is 0. The van der Waals surface area contributed by atoms with Gasteiger partial charge in [0.05, 0.1) is 6.10 Å². The average molecular weight is 456 g/mol. The predicted octanol–water partition coefficient (Wildman–Crippen LogP) is 2.44. The molecule has 0 aliphatic carbocycles. The van der Waals surface area contributed by atoms with Gasteiger partial charge in [0.15, 0.2) is 0 Å². The van der Waals surface area contributed by atoms with Crippen LogP contribution in [0.25, 0.3) is 11.4 Å². The van der Waals surface area contributed by atoms with Crippen molar-refractivity contribution in [1.82, 2.24) is 15.0 Å². The topological polar surface area (TPSA) is 138 Å². The summed E-state index contributed by atoms with van der Waals surface area (Å²) in [5.74, 6) is -0.710. The fraction of sp³-hybridized carbons (Fsp3) is 0.526. The van der Waals surface area contributed by atoms with Gasteiger partial charge in [0.25, 0.3) is 5.89 Å². The van der Waals surface area contributed by atoms with Gasteiger partial charge in [-0.3, -0.25) is 0 Å². The van der Waals surface area contributed by atoms with E-state index >= 15 is 0 Å². The lowest BCUT2D eigenvalue weighted by Gasteiger charge is -2.33. The Bertz CT molecular complexity index is 1040. The van der Waals surface area contributed by atoms with E-state index < -0.39 is 26.3 Å². The van der Waals surface area contributed by atoms with Crippen molar-refractivity contribution in [2.24, 2.45) is 5.14 Å². The summed E-state index contributed by atoms with van der Waals surface area (Å²) in [6.07, 6.45) is 0.856. The molecule has 0 radical (unpaired) electrons. The molecular formula is C19H25FN4O6S. The lowest BCUT2D eigenvalue weighted by atomic mass is 10.1. The van der Waals surface area contributed by atoms with E-state index in [1.54, 1.807) is 4.90 Å². The second-order valence-electron chi connectivity index (χ2n) is 8.18. The number of likely N-dealkylation sites (tertiary alicyclic amines) is 1. The molecule has 10 nitrogen and oxygen atoms in total. The zero-order valence-electron chi connectivity index (χ0n) is 17.5. The predicted molar refractivity (Wildman–Crippen MR) is 107 cm³/mol. The van der Waals surface area contributed by atoms with Crippen molar-refractivity contribution < 1.29 is 31.6 Å². The number of benzene rings is 1. The van der Waals surface area contributed by atoms with Crippen LogP contribution in [0.1, 0.15) is 39.5 Å². The van der Waals surface area contributed by atoms with Gasteiger partial charge in [-0.1, -0.05) is 5.16 Å². The molecule has 2 heterocycles. The molecule has 3 rings (SSSR count). The van der Waals surface area contributed by atoms with Crippen LogP contribution in [0.4, 0.5) is 9.18 Å². The number of hydrogen-bond acceptors (Lipinski definition) is 8. The molecule has 1 amide bonds. The maximum absolute atomic E-state index is 14.0. The zero-order valence-corrected chi connectivity index (χ0v) is 18.3. The van der Waals surface area contributed by atoms with E-state index in [1.165, 1.54) is 6.07 Å². The number of hydrogen-bond donors (Lipinski definition) is 1. The van der Waals surface area contributed by atoms with Gasteiger partial charge in [-0.25, -0.2) is 22.7 Å². The number of ether oxygens (including phenoxy) is 2. The van der Waals surface area contributed by atoms with Gasteiger partial charge >= 0.3 is 6.09 Å². The Hall–Kier alpha value is -2.57. The number of primary sulfonamides is 1. The molecule has 2 N–H and O–H groups in total. The largest absolute Gasteiger partial charge is 0.444 e. The highest BCUT2D eigenvalue weighted by molar-refractivity contribution is 7.89. The second kappa shape index (κ2) is 8.89. The number of carbonyl (C=O) groups is 1. The lowest BCUT2D eigenvalue weighted by Crippen LogP contribution is -2.43. The first-order valence-electron chi connectivity index (χ1n) is 9.67. The molecule has 12 heteroatoms. The summed E-state index contributed by atoms with van der Waals surface area (Å²) in [5.41, 5.74) is -0.299. The van der Waals surface area contributed by atoms with Crippen LogP contribution in [0.3, 0.4) is 0 Å². The fourth-order valence-corrected chi connectivity index (χ4v) is 3.61. The Labute approximate surface area is 179 Å². The van der Waals surface area contributed by atoms with Crippen molar-refractivity contribution in [3.05, 3.63) is 29.9 Å². The molecule has 0 unspecified atom stereocenters. The van der Waals surface area contributed by atoms with E-state index in [9.17, 15) is 17.6 Å². The molecule has 1 aromatic heterocycles. The third-order valence-electron chi connectivity index (χ3n) is 4.50. The zero-order chi connectivity index (χ0) is 22.8. The Morgan fingerprint density at radius 2 is 2.00 bits per heavy atom. The quantitative estimate of drug-likeness (QED) is 0.724. The van der Waals surface area contributed by atoms with Crippen molar-refractivity contribution in [2.75, 3.05) is 13.1 Å². The SMILES string of the molecule is CC(C)(C)OC(=O)N1CCC(OCc2nc(-c3ccc(S(N)(=O)=O)c(F)c3)no2)CC1. The molecule has 2 aromatic rings.